The van der Waals surface area contributed by atoms with Crippen LogP contribution >= 0.6 is 0 Å². The van der Waals surface area contributed by atoms with E-state index in [2.05, 4.69) is 36.1 Å². The molecule has 3 N–H and O–H groups in total. The highest BCUT2D eigenvalue weighted by Crippen LogP contribution is 2.16. The van der Waals surface area contributed by atoms with E-state index in [9.17, 15) is 9.59 Å². The molecule has 1 heterocycles. The zero-order valence-electron chi connectivity index (χ0n) is 10.7. The van der Waals surface area contributed by atoms with Gasteiger partial charge in [0.1, 0.15) is 0 Å². The van der Waals surface area contributed by atoms with Gasteiger partial charge < -0.3 is 15.3 Å². The van der Waals surface area contributed by atoms with Gasteiger partial charge in [-0.25, -0.2) is 0 Å². The van der Waals surface area contributed by atoms with Crippen LogP contribution in [0.5, 0.6) is 0 Å². The minimum atomic E-state index is -0.628. The summed E-state index contributed by atoms with van der Waals surface area (Å²) in [5, 5.41) is 3.35. The summed E-state index contributed by atoms with van der Waals surface area (Å²) in [5.74, 6) is 0.510. The Labute approximate surface area is 104 Å². The third-order valence-electron chi connectivity index (χ3n) is 3.12. The lowest BCUT2D eigenvalue weighted by atomic mass is 10.1. The van der Waals surface area contributed by atoms with Crippen molar-refractivity contribution >= 4 is 16.7 Å². The fourth-order valence-corrected chi connectivity index (χ4v) is 1.63. The summed E-state index contributed by atoms with van der Waals surface area (Å²) in [7, 11) is 0. The van der Waals surface area contributed by atoms with E-state index in [1.165, 1.54) is 0 Å². The maximum absolute atomic E-state index is 11.3. The molecule has 2 aromatic rings. The Balaban J connectivity index is 2.41. The zero-order valence-corrected chi connectivity index (χ0v) is 10.7. The average Bonchev–Trinajstić information content (AvgIpc) is 2.31. The molecule has 96 valence electrons. The van der Waals surface area contributed by atoms with Crippen molar-refractivity contribution in [1.82, 2.24) is 9.97 Å². The molecule has 0 aliphatic heterocycles. The molecule has 5 heteroatoms. The number of rotatable bonds is 3. The number of aromatic amines is 2. The van der Waals surface area contributed by atoms with Crippen molar-refractivity contribution in [2.24, 2.45) is 5.92 Å². The van der Waals surface area contributed by atoms with Crippen LogP contribution in [0.4, 0.5) is 5.69 Å². The summed E-state index contributed by atoms with van der Waals surface area (Å²) in [6, 6.07) is 5.82. The standard InChI is InChI=1S/C13H17N3O2/c1-7(2)8(3)14-9-4-5-10-11(6-9)16-13(18)12(17)15-10/h4-8,14H,1-3H3,(H,15,17)(H,16,18). The number of nitrogens with one attached hydrogen (secondary N) is 3. The maximum atomic E-state index is 11.3. The van der Waals surface area contributed by atoms with Gasteiger partial charge in [-0.3, -0.25) is 9.59 Å². The number of fused-ring (bicyclic) bond motifs is 1. The first-order valence-electron chi connectivity index (χ1n) is 6.00. The first kappa shape index (κ1) is 12.4. The van der Waals surface area contributed by atoms with Crippen LogP contribution < -0.4 is 16.4 Å². The molecule has 1 unspecified atom stereocenters. The minimum absolute atomic E-state index is 0.330. The van der Waals surface area contributed by atoms with Gasteiger partial charge in [0, 0.05) is 11.7 Å². The second-order valence-corrected chi connectivity index (χ2v) is 4.85. The second-order valence-electron chi connectivity index (χ2n) is 4.85. The fourth-order valence-electron chi connectivity index (χ4n) is 1.63. The molecule has 0 aliphatic rings. The Morgan fingerprint density at radius 3 is 2.22 bits per heavy atom. The van der Waals surface area contributed by atoms with E-state index in [0.717, 1.165) is 5.69 Å². The van der Waals surface area contributed by atoms with Gasteiger partial charge in [-0.2, -0.15) is 0 Å². The maximum Gasteiger partial charge on any atom is 0.314 e. The summed E-state index contributed by atoms with van der Waals surface area (Å²) in [4.78, 5) is 27.5. The predicted molar refractivity (Wildman–Crippen MR) is 73.1 cm³/mol. The van der Waals surface area contributed by atoms with Gasteiger partial charge >= 0.3 is 11.1 Å². The summed E-state index contributed by atoms with van der Waals surface area (Å²) >= 11 is 0. The van der Waals surface area contributed by atoms with Gasteiger partial charge in [-0.15, -0.1) is 0 Å². The van der Waals surface area contributed by atoms with E-state index in [0.29, 0.717) is 23.0 Å². The van der Waals surface area contributed by atoms with Gasteiger partial charge in [0.25, 0.3) is 0 Å². The molecule has 1 aromatic carbocycles. The van der Waals surface area contributed by atoms with Gasteiger partial charge in [-0.1, -0.05) is 13.8 Å². The van der Waals surface area contributed by atoms with Crippen molar-refractivity contribution in [2.45, 2.75) is 26.8 Å². The summed E-state index contributed by atoms with van der Waals surface area (Å²) in [6.07, 6.45) is 0. The van der Waals surface area contributed by atoms with E-state index in [1.54, 1.807) is 6.07 Å². The van der Waals surface area contributed by atoms with Crippen LogP contribution in [0.15, 0.2) is 27.8 Å². The molecule has 0 bridgehead atoms. The third kappa shape index (κ3) is 2.45. The van der Waals surface area contributed by atoms with Gasteiger partial charge in [0.2, 0.25) is 0 Å². The third-order valence-corrected chi connectivity index (χ3v) is 3.12. The lowest BCUT2D eigenvalue weighted by Crippen LogP contribution is -2.29. The molecule has 1 atom stereocenters. The summed E-state index contributed by atoms with van der Waals surface area (Å²) in [6.45, 7) is 6.38. The lowest BCUT2D eigenvalue weighted by Gasteiger charge is -2.18. The molecule has 0 saturated carbocycles. The van der Waals surface area contributed by atoms with Gasteiger partial charge in [-0.05, 0) is 31.0 Å². The normalized spacial score (nSPS) is 12.9. The Hall–Kier alpha value is -2.04. The number of aromatic nitrogens is 2. The van der Waals surface area contributed by atoms with Gasteiger partial charge in [0.05, 0.1) is 11.0 Å². The van der Waals surface area contributed by atoms with Crippen molar-refractivity contribution in [3.63, 3.8) is 0 Å². The monoisotopic (exact) mass is 247 g/mol. The average molecular weight is 247 g/mol. The number of hydrogen-bond donors (Lipinski definition) is 3. The molecule has 18 heavy (non-hydrogen) atoms. The Bertz CT molecular complexity index is 670. The van der Waals surface area contributed by atoms with Crippen molar-refractivity contribution in [3.05, 3.63) is 38.9 Å². The van der Waals surface area contributed by atoms with Crippen molar-refractivity contribution in [3.8, 4) is 0 Å². The van der Waals surface area contributed by atoms with Crippen LogP contribution in [0.2, 0.25) is 0 Å². The van der Waals surface area contributed by atoms with E-state index in [4.69, 9.17) is 0 Å². The van der Waals surface area contributed by atoms with E-state index < -0.39 is 11.1 Å². The van der Waals surface area contributed by atoms with Crippen molar-refractivity contribution < 1.29 is 0 Å². The quantitative estimate of drug-likeness (QED) is 0.722. The Morgan fingerprint density at radius 1 is 1.00 bits per heavy atom. The Kier molecular flexibility index (Phi) is 3.23. The first-order valence-corrected chi connectivity index (χ1v) is 6.00. The van der Waals surface area contributed by atoms with Crippen LogP contribution in [-0.2, 0) is 0 Å². The molecule has 5 nitrogen and oxygen atoms in total. The summed E-state index contributed by atoms with van der Waals surface area (Å²) in [5.41, 5.74) is 0.921. The van der Waals surface area contributed by atoms with Crippen molar-refractivity contribution in [1.29, 1.82) is 0 Å². The van der Waals surface area contributed by atoms with Crippen LogP contribution in [0, 0.1) is 5.92 Å². The Morgan fingerprint density at radius 2 is 1.61 bits per heavy atom. The first-order chi connectivity index (χ1) is 8.47. The molecular formula is C13H17N3O2. The number of anilines is 1. The van der Waals surface area contributed by atoms with E-state index >= 15 is 0 Å². The van der Waals surface area contributed by atoms with Crippen LogP contribution in [-0.4, -0.2) is 16.0 Å². The minimum Gasteiger partial charge on any atom is -0.382 e. The fraction of sp³-hybridized carbons (Fsp3) is 0.385. The molecule has 0 amide bonds. The van der Waals surface area contributed by atoms with Gasteiger partial charge in [0.15, 0.2) is 0 Å². The highest BCUT2D eigenvalue weighted by atomic mass is 16.2. The molecule has 1 aromatic heterocycles. The number of hydrogen-bond acceptors (Lipinski definition) is 3. The predicted octanol–water partition coefficient (Wildman–Crippen LogP) is 1.67. The SMILES string of the molecule is CC(C)C(C)Nc1ccc2[nH]c(=O)c(=O)[nH]c2c1. The van der Waals surface area contributed by atoms with Crippen molar-refractivity contribution in [2.75, 3.05) is 5.32 Å². The van der Waals surface area contributed by atoms with Crippen LogP contribution in [0.3, 0.4) is 0 Å². The van der Waals surface area contributed by atoms with E-state index in [1.807, 2.05) is 12.1 Å². The molecule has 0 spiro atoms. The molecule has 0 saturated heterocycles. The molecule has 2 rings (SSSR count). The molecule has 0 aliphatic carbocycles. The molecule has 0 fully saturated rings. The molecular weight excluding hydrogens is 230 g/mol. The zero-order chi connectivity index (χ0) is 13.3. The smallest absolute Gasteiger partial charge is 0.314 e. The number of H-pyrrole nitrogens is 2. The molecule has 0 radical (unpaired) electrons. The topological polar surface area (TPSA) is 77.8 Å². The second kappa shape index (κ2) is 4.68. The summed E-state index contributed by atoms with van der Waals surface area (Å²) < 4.78 is 0. The highest BCUT2D eigenvalue weighted by Gasteiger charge is 2.07. The van der Waals surface area contributed by atoms with E-state index in [-0.39, 0.29) is 0 Å². The largest absolute Gasteiger partial charge is 0.382 e. The van der Waals surface area contributed by atoms with Crippen LogP contribution in [0.25, 0.3) is 11.0 Å². The van der Waals surface area contributed by atoms with Crippen LogP contribution in [0.1, 0.15) is 20.8 Å². The number of benzene rings is 1. The lowest BCUT2D eigenvalue weighted by molar-refractivity contribution is 0.560. The highest BCUT2D eigenvalue weighted by molar-refractivity contribution is 5.78.